The Labute approximate surface area is 121 Å². The third-order valence-corrected chi connectivity index (χ3v) is 2.46. The topological polar surface area (TPSA) is 90.8 Å². The summed E-state index contributed by atoms with van der Waals surface area (Å²) in [5.74, 6) is 0. The minimum atomic E-state index is -3.83. The maximum Gasteiger partial charge on any atom is 0.399 e. The lowest BCUT2D eigenvalue weighted by Gasteiger charge is -1.98. The monoisotopic (exact) mass is 304 g/mol. The Hall–Kier alpha value is -1.25. The van der Waals surface area contributed by atoms with E-state index in [0.29, 0.717) is 0 Å². The van der Waals surface area contributed by atoms with Gasteiger partial charge in [-0.15, -0.1) is 0 Å². The maximum absolute atomic E-state index is 10.7. The molecule has 0 saturated heterocycles. The van der Waals surface area contributed by atoms with Crippen LogP contribution in [0.1, 0.15) is 5.56 Å². The van der Waals surface area contributed by atoms with Crippen LogP contribution >= 0.6 is 0 Å². The van der Waals surface area contributed by atoms with E-state index in [1.54, 1.807) is 12.2 Å². The second-order valence-electron chi connectivity index (χ2n) is 4.01. The molecule has 0 aliphatic carbocycles. The predicted molar refractivity (Wildman–Crippen MR) is 82.0 cm³/mol. The van der Waals surface area contributed by atoms with Crippen molar-refractivity contribution >= 4 is 16.5 Å². The zero-order valence-corrected chi connectivity index (χ0v) is 13.3. The predicted octanol–water partition coefficient (Wildman–Crippen LogP) is 1.95. The fourth-order valence-corrected chi connectivity index (χ4v) is 1.26. The molecular formula is C13H24N2O4S. The van der Waals surface area contributed by atoms with Crippen molar-refractivity contribution in [1.29, 1.82) is 0 Å². The molecule has 0 atom stereocenters. The van der Waals surface area contributed by atoms with E-state index in [4.69, 9.17) is 0 Å². The van der Waals surface area contributed by atoms with E-state index in [1.165, 1.54) is 0 Å². The Morgan fingerprint density at radius 1 is 1.15 bits per heavy atom. The zero-order chi connectivity index (χ0) is 14.7. The van der Waals surface area contributed by atoms with Crippen molar-refractivity contribution in [1.82, 2.24) is 11.1 Å². The molecule has 0 spiro atoms. The average molecular weight is 304 g/mol. The van der Waals surface area contributed by atoms with Gasteiger partial charge in [-0.2, -0.15) is 8.42 Å². The third kappa shape index (κ3) is 13.2. The standard InChI is InChI=1S/C10H12O4S.C3H9N.H3N/c1-13-15(11,12)14-9-5-8-10-6-3-2-4-7-10;1-4(2)3;/h2-8H,9H2,1H3;1-3H3;1H3/b8-5+;;. The molecule has 6 nitrogen and oxygen atoms in total. The molecule has 1 aromatic carbocycles. The summed E-state index contributed by atoms with van der Waals surface area (Å²) in [6, 6.07) is 9.50. The fraction of sp³-hybridized carbons (Fsp3) is 0.385. The first kappa shape index (κ1) is 21.1. The molecule has 0 saturated carbocycles. The number of rotatable bonds is 5. The number of nitrogens with zero attached hydrogens (tertiary/aromatic N) is 1. The highest BCUT2D eigenvalue weighted by Gasteiger charge is 2.05. The first-order valence-corrected chi connectivity index (χ1v) is 6.98. The largest absolute Gasteiger partial charge is 0.399 e. The van der Waals surface area contributed by atoms with Gasteiger partial charge in [0.2, 0.25) is 0 Å². The minimum absolute atomic E-state index is 0. The molecule has 0 aliphatic heterocycles. The normalized spacial score (nSPS) is 10.8. The summed E-state index contributed by atoms with van der Waals surface area (Å²) in [7, 11) is 3.23. The van der Waals surface area contributed by atoms with Gasteiger partial charge in [-0.3, -0.25) is 4.18 Å². The van der Waals surface area contributed by atoms with Gasteiger partial charge in [-0.1, -0.05) is 42.5 Å². The Kier molecular flexibility index (Phi) is 12.2. The number of hydrogen-bond acceptors (Lipinski definition) is 6. The van der Waals surface area contributed by atoms with Crippen LogP contribution in [0.3, 0.4) is 0 Å². The van der Waals surface area contributed by atoms with Gasteiger partial charge in [0, 0.05) is 0 Å². The van der Waals surface area contributed by atoms with Crippen molar-refractivity contribution in [3.05, 3.63) is 42.0 Å². The van der Waals surface area contributed by atoms with Crippen LogP contribution in [-0.4, -0.2) is 48.2 Å². The fourth-order valence-electron chi connectivity index (χ4n) is 0.919. The summed E-state index contributed by atoms with van der Waals surface area (Å²) < 4.78 is 30.0. The van der Waals surface area contributed by atoms with Crippen LogP contribution < -0.4 is 6.15 Å². The van der Waals surface area contributed by atoms with Gasteiger partial charge in [0.15, 0.2) is 0 Å². The highest BCUT2D eigenvalue weighted by atomic mass is 32.3. The van der Waals surface area contributed by atoms with Crippen LogP contribution in [0.5, 0.6) is 0 Å². The third-order valence-electron chi connectivity index (χ3n) is 1.62. The maximum atomic E-state index is 10.7. The minimum Gasteiger partial charge on any atom is -0.344 e. The summed E-state index contributed by atoms with van der Waals surface area (Å²) in [5, 5.41) is 0. The van der Waals surface area contributed by atoms with Crippen molar-refractivity contribution < 1.29 is 16.8 Å². The molecule has 0 heterocycles. The molecule has 7 heteroatoms. The molecular weight excluding hydrogens is 280 g/mol. The van der Waals surface area contributed by atoms with Crippen molar-refractivity contribution in [3.63, 3.8) is 0 Å². The van der Waals surface area contributed by atoms with Crippen LogP contribution in [0.25, 0.3) is 6.08 Å². The van der Waals surface area contributed by atoms with Gasteiger partial charge in [-0.25, -0.2) is 4.18 Å². The zero-order valence-electron chi connectivity index (χ0n) is 12.4. The molecule has 0 fully saturated rings. The Morgan fingerprint density at radius 2 is 1.65 bits per heavy atom. The highest BCUT2D eigenvalue weighted by molar-refractivity contribution is 7.81. The molecule has 20 heavy (non-hydrogen) atoms. The summed E-state index contributed by atoms with van der Waals surface area (Å²) in [6.07, 6.45) is 3.37. The number of benzene rings is 1. The summed E-state index contributed by atoms with van der Waals surface area (Å²) in [6.45, 7) is -0.0366. The van der Waals surface area contributed by atoms with E-state index in [2.05, 4.69) is 8.37 Å². The molecule has 0 radical (unpaired) electrons. The highest BCUT2D eigenvalue weighted by Crippen LogP contribution is 2.01. The SMILES string of the molecule is CN(C)C.COS(=O)(=O)OC/C=C/c1ccccc1.N. The Morgan fingerprint density at radius 3 is 2.10 bits per heavy atom. The first-order valence-electron chi connectivity index (χ1n) is 5.65. The van der Waals surface area contributed by atoms with Crippen molar-refractivity contribution in [2.45, 2.75) is 0 Å². The van der Waals surface area contributed by atoms with Gasteiger partial charge in [0.1, 0.15) is 0 Å². The second-order valence-corrected chi connectivity index (χ2v) is 5.40. The molecule has 0 bridgehead atoms. The van der Waals surface area contributed by atoms with Crippen LogP contribution in [0.4, 0.5) is 0 Å². The van der Waals surface area contributed by atoms with Crippen molar-refractivity contribution in [2.75, 3.05) is 34.9 Å². The van der Waals surface area contributed by atoms with Crippen LogP contribution in [0.15, 0.2) is 36.4 Å². The molecule has 116 valence electrons. The lowest BCUT2D eigenvalue weighted by atomic mass is 10.2. The van der Waals surface area contributed by atoms with Crippen LogP contribution in [-0.2, 0) is 18.8 Å². The van der Waals surface area contributed by atoms with Crippen LogP contribution in [0, 0.1) is 0 Å². The van der Waals surface area contributed by atoms with Gasteiger partial charge in [0.05, 0.1) is 13.7 Å². The lowest BCUT2D eigenvalue weighted by Crippen LogP contribution is -2.06. The van der Waals surface area contributed by atoms with E-state index >= 15 is 0 Å². The van der Waals surface area contributed by atoms with Crippen molar-refractivity contribution in [3.8, 4) is 0 Å². The lowest BCUT2D eigenvalue weighted by molar-refractivity contribution is 0.265. The quantitative estimate of drug-likeness (QED) is 0.894. The van der Waals surface area contributed by atoms with Crippen LogP contribution in [0.2, 0.25) is 0 Å². The van der Waals surface area contributed by atoms with Gasteiger partial charge < -0.3 is 11.1 Å². The van der Waals surface area contributed by atoms with Gasteiger partial charge >= 0.3 is 10.4 Å². The molecule has 0 aromatic heterocycles. The first-order chi connectivity index (χ1) is 8.87. The smallest absolute Gasteiger partial charge is 0.344 e. The van der Waals surface area contributed by atoms with E-state index in [1.807, 2.05) is 56.4 Å². The molecule has 3 N–H and O–H groups in total. The Bertz CT molecular complexity index is 456. The van der Waals surface area contributed by atoms with E-state index < -0.39 is 10.4 Å². The summed E-state index contributed by atoms with van der Waals surface area (Å²) in [4.78, 5) is 2.00. The van der Waals surface area contributed by atoms with Crippen molar-refractivity contribution in [2.24, 2.45) is 0 Å². The molecule has 0 aliphatic rings. The molecule has 0 amide bonds. The van der Waals surface area contributed by atoms with E-state index in [-0.39, 0.29) is 12.8 Å². The number of hydrogen-bond donors (Lipinski definition) is 1. The van der Waals surface area contributed by atoms with Gasteiger partial charge in [0.25, 0.3) is 0 Å². The molecule has 1 aromatic rings. The molecule has 0 unspecified atom stereocenters. The van der Waals surface area contributed by atoms with Gasteiger partial charge in [-0.05, 0) is 26.7 Å². The molecule has 1 rings (SSSR count). The summed E-state index contributed by atoms with van der Waals surface area (Å²) >= 11 is 0. The average Bonchev–Trinajstić information content (AvgIpc) is 2.35. The Balaban J connectivity index is 0. The van der Waals surface area contributed by atoms with E-state index in [0.717, 1.165) is 12.7 Å². The summed E-state index contributed by atoms with van der Waals surface area (Å²) in [5.41, 5.74) is 0.982. The van der Waals surface area contributed by atoms with E-state index in [9.17, 15) is 8.42 Å². The second kappa shape index (κ2) is 11.6.